The molecule has 0 radical (unpaired) electrons. The highest BCUT2D eigenvalue weighted by Crippen LogP contribution is 2.29. The molecule has 23 heavy (non-hydrogen) atoms. The van der Waals surface area contributed by atoms with Crippen LogP contribution in [0.3, 0.4) is 0 Å². The number of hydrogen-bond acceptors (Lipinski definition) is 4. The van der Waals surface area contributed by atoms with Gasteiger partial charge < -0.3 is 10.4 Å². The molecule has 0 bridgehead atoms. The molecule has 2 N–H and O–H groups in total. The summed E-state index contributed by atoms with van der Waals surface area (Å²) in [5, 5.41) is 12.3. The zero-order valence-corrected chi connectivity index (χ0v) is 13.7. The van der Waals surface area contributed by atoms with Gasteiger partial charge in [0.05, 0.1) is 0 Å². The van der Waals surface area contributed by atoms with Crippen molar-refractivity contribution in [1.82, 2.24) is 19.9 Å². The van der Waals surface area contributed by atoms with Crippen molar-refractivity contribution < 1.29 is 9.90 Å². The molecule has 0 unspecified atom stereocenters. The van der Waals surface area contributed by atoms with Crippen LogP contribution in [0.5, 0.6) is 0 Å². The fourth-order valence-electron chi connectivity index (χ4n) is 2.64. The van der Waals surface area contributed by atoms with Crippen LogP contribution in [0.25, 0.3) is 5.82 Å². The fourth-order valence-corrected chi connectivity index (χ4v) is 2.64. The van der Waals surface area contributed by atoms with Crippen molar-refractivity contribution in [3.8, 4) is 5.82 Å². The van der Waals surface area contributed by atoms with Crippen LogP contribution in [-0.2, 0) is 0 Å². The number of carbonyl (C=O) groups excluding carboxylic acids is 1. The molecule has 0 fully saturated rings. The Labute approximate surface area is 136 Å². The van der Waals surface area contributed by atoms with Gasteiger partial charge in [0.15, 0.2) is 0 Å². The molecule has 2 aromatic heterocycles. The van der Waals surface area contributed by atoms with Gasteiger partial charge in [-0.05, 0) is 36.8 Å². The van der Waals surface area contributed by atoms with E-state index in [1.165, 1.54) is 0 Å². The van der Waals surface area contributed by atoms with Crippen molar-refractivity contribution in [3.63, 3.8) is 0 Å². The van der Waals surface area contributed by atoms with Crippen molar-refractivity contribution in [2.24, 2.45) is 5.41 Å². The van der Waals surface area contributed by atoms with E-state index < -0.39 is 0 Å². The highest BCUT2D eigenvalue weighted by molar-refractivity contribution is 5.94. The molecule has 124 valence electrons. The lowest BCUT2D eigenvalue weighted by atomic mass is 9.79. The molecule has 0 saturated carbocycles. The first kappa shape index (κ1) is 17.1. The fraction of sp³-hybridized carbons (Fsp3) is 0.471. The van der Waals surface area contributed by atoms with Gasteiger partial charge in [0.25, 0.3) is 5.91 Å². The van der Waals surface area contributed by atoms with E-state index in [0.29, 0.717) is 24.3 Å². The molecule has 6 nitrogen and oxygen atoms in total. The van der Waals surface area contributed by atoms with E-state index in [1.807, 2.05) is 0 Å². The molecule has 0 aliphatic carbocycles. The largest absolute Gasteiger partial charge is 0.396 e. The first-order valence-electron chi connectivity index (χ1n) is 7.97. The van der Waals surface area contributed by atoms with E-state index in [-0.39, 0.29) is 17.9 Å². The third kappa shape index (κ3) is 4.16. The average molecular weight is 316 g/mol. The summed E-state index contributed by atoms with van der Waals surface area (Å²) in [5.74, 6) is 0.528. The molecule has 2 aromatic rings. The summed E-state index contributed by atoms with van der Waals surface area (Å²) in [6, 6.07) is 3.43. The number of hydrogen-bond donors (Lipinski definition) is 2. The molecular formula is C17H24N4O2. The molecule has 0 aromatic carbocycles. The number of carbonyl (C=O) groups is 1. The van der Waals surface area contributed by atoms with Gasteiger partial charge in [-0.15, -0.1) is 0 Å². The van der Waals surface area contributed by atoms with E-state index >= 15 is 0 Å². The van der Waals surface area contributed by atoms with Crippen LogP contribution >= 0.6 is 0 Å². The smallest absolute Gasteiger partial charge is 0.251 e. The minimum atomic E-state index is -0.127. The molecule has 6 heteroatoms. The van der Waals surface area contributed by atoms with Gasteiger partial charge in [-0.2, -0.15) is 0 Å². The van der Waals surface area contributed by atoms with Crippen LogP contribution in [0.4, 0.5) is 0 Å². The Hall–Kier alpha value is -2.21. The zero-order chi connectivity index (χ0) is 16.7. The maximum Gasteiger partial charge on any atom is 0.251 e. The molecule has 1 amide bonds. The van der Waals surface area contributed by atoms with Crippen molar-refractivity contribution in [2.75, 3.05) is 13.2 Å². The monoisotopic (exact) mass is 316 g/mol. The van der Waals surface area contributed by atoms with Gasteiger partial charge in [-0.1, -0.05) is 13.8 Å². The first-order valence-corrected chi connectivity index (χ1v) is 7.97. The average Bonchev–Trinajstić information content (AvgIpc) is 3.13. The number of amides is 1. The van der Waals surface area contributed by atoms with Crippen LogP contribution in [0.15, 0.2) is 37.1 Å². The van der Waals surface area contributed by atoms with Gasteiger partial charge in [0.1, 0.15) is 12.1 Å². The van der Waals surface area contributed by atoms with Crippen LogP contribution in [0, 0.1) is 5.41 Å². The van der Waals surface area contributed by atoms with Crippen LogP contribution in [-0.4, -0.2) is 38.7 Å². The summed E-state index contributed by atoms with van der Waals surface area (Å²) in [4.78, 5) is 20.7. The van der Waals surface area contributed by atoms with Gasteiger partial charge in [-0.3, -0.25) is 9.36 Å². The third-order valence-corrected chi connectivity index (χ3v) is 4.54. The topological polar surface area (TPSA) is 80.0 Å². The molecule has 0 aliphatic rings. The van der Waals surface area contributed by atoms with E-state index in [4.69, 9.17) is 0 Å². The van der Waals surface area contributed by atoms with Crippen LogP contribution in [0.1, 0.15) is 43.5 Å². The summed E-state index contributed by atoms with van der Waals surface area (Å²) >= 11 is 0. The maximum absolute atomic E-state index is 12.4. The van der Waals surface area contributed by atoms with Gasteiger partial charge >= 0.3 is 0 Å². The van der Waals surface area contributed by atoms with E-state index in [1.54, 1.807) is 41.6 Å². The molecule has 2 rings (SSSR count). The van der Waals surface area contributed by atoms with Gasteiger partial charge in [0, 0.05) is 37.3 Å². The Morgan fingerprint density at radius 1 is 1.35 bits per heavy atom. The number of imidazole rings is 1. The van der Waals surface area contributed by atoms with Gasteiger partial charge in [0.2, 0.25) is 0 Å². The van der Waals surface area contributed by atoms with Crippen molar-refractivity contribution in [1.29, 1.82) is 0 Å². The normalized spacial score (nSPS) is 11.4. The Kier molecular flexibility index (Phi) is 5.87. The van der Waals surface area contributed by atoms with E-state index in [9.17, 15) is 9.90 Å². The number of nitrogens with one attached hydrogen (secondary N) is 1. The third-order valence-electron chi connectivity index (χ3n) is 4.54. The Bertz CT molecular complexity index is 621. The summed E-state index contributed by atoms with van der Waals surface area (Å²) in [6.07, 6.45) is 9.23. The first-order chi connectivity index (χ1) is 11.1. The van der Waals surface area contributed by atoms with E-state index in [2.05, 4.69) is 29.1 Å². The van der Waals surface area contributed by atoms with Crippen LogP contribution < -0.4 is 5.32 Å². The zero-order valence-electron chi connectivity index (χ0n) is 13.7. The minimum absolute atomic E-state index is 0.0510. The Morgan fingerprint density at radius 3 is 2.74 bits per heavy atom. The summed E-state index contributed by atoms with van der Waals surface area (Å²) in [7, 11) is 0. The lowest BCUT2D eigenvalue weighted by Crippen LogP contribution is -2.37. The molecule has 2 heterocycles. The molecular weight excluding hydrogens is 292 g/mol. The summed E-state index contributed by atoms with van der Waals surface area (Å²) in [5.41, 5.74) is 0.513. The second-order valence-corrected chi connectivity index (χ2v) is 5.74. The second kappa shape index (κ2) is 7.87. The number of pyridine rings is 1. The highest BCUT2D eigenvalue weighted by Gasteiger charge is 2.26. The molecule has 0 spiro atoms. The van der Waals surface area contributed by atoms with Crippen LogP contribution in [0.2, 0.25) is 0 Å². The lowest BCUT2D eigenvalue weighted by molar-refractivity contribution is 0.0907. The quantitative estimate of drug-likeness (QED) is 0.782. The van der Waals surface area contributed by atoms with Crippen molar-refractivity contribution >= 4 is 5.91 Å². The predicted octanol–water partition coefficient (Wildman–Crippen LogP) is 2.19. The van der Waals surface area contributed by atoms with Crippen molar-refractivity contribution in [2.45, 2.75) is 33.1 Å². The SMILES string of the molecule is CCC(CC)(CCO)CNC(=O)c1ccnc(-n2ccnc2)c1. The number of aromatic nitrogens is 3. The standard InChI is InChI=1S/C17H24N4O2/c1-3-17(4-2,6-10-22)12-20-16(23)14-5-7-19-15(11-14)21-9-8-18-13-21/h5,7-9,11,13,22H,3-4,6,10,12H2,1-2H3,(H,20,23). The lowest BCUT2D eigenvalue weighted by Gasteiger charge is -2.31. The minimum Gasteiger partial charge on any atom is -0.396 e. The molecule has 0 saturated heterocycles. The van der Waals surface area contributed by atoms with Crippen molar-refractivity contribution in [3.05, 3.63) is 42.6 Å². The number of rotatable bonds is 8. The maximum atomic E-state index is 12.4. The second-order valence-electron chi connectivity index (χ2n) is 5.74. The molecule has 0 atom stereocenters. The highest BCUT2D eigenvalue weighted by atomic mass is 16.3. The Balaban J connectivity index is 2.07. The summed E-state index contributed by atoms with van der Waals surface area (Å²) < 4.78 is 1.75. The summed E-state index contributed by atoms with van der Waals surface area (Å²) in [6.45, 7) is 4.88. The van der Waals surface area contributed by atoms with E-state index in [0.717, 1.165) is 12.8 Å². The van der Waals surface area contributed by atoms with Gasteiger partial charge in [-0.25, -0.2) is 9.97 Å². The molecule has 0 aliphatic heterocycles. The predicted molar refractivity (Wildman–Crippen MR) is 88.4 cm³/mol. The number of aliphatic hydroxyl groups excluding tert-OH is 1. The Morgan fingerprint density at radius 2 is 2.13 bits per heavy atom. The number of nitrogens with zero attached hydrogens (tertiary/aromatic N) is 3. The number of aliphatic hydroxyl groups is 1.